The van der Waals surface area contributed by atoms with Gasteiger partial charge in [0.2, 0.25) is 0 Å². The van der Waals surface area contributed by atoms with Gasteiger partial charge < -0.3 is 9.64 Å². The third-order valence-electron chi connectivity index (χ3n) is 7.45. The minimum Gasteiger partial charge on any atom is -0.496 e. The van der Waals surface area contributed by atoms with Crippen molar-refractivity contribution in [3.8, 4) is 5.75 Å². The number of anilines is 1. The highest BCUT2D eigenvalue weighted by Crippen LogP contribution is 2.48. The van der Waals surface area contributed by atoms with E-state index in [1.54, 1.807) is 7.11 Å². The SMILES string of the molecule is COc1cc(C(C)C)c(N2CN(Cc3ccccc3)[C@H](C(C)(C)C)[C@H]2C(C)(C)C)cc1C(C)(C)C. The molecule has 0 saturated carbocycles. The fourth-order valence-corrected chi connectivity index (χ4v) is 5.95. The second-order valence-electron chi connectivity index (χ2n) is 14.0. The number of nitrogens with zero attached hydrogens (tertiary/aromatic N) is 2. The zero-order valence-electron chi connectivity index (χ0n) is 24.5. The maximum absolute atomic E-state index is 5.92. The average Bonchev–Trinajstić information content (AvgIpc) is 3.12. The number of benzene rings is 2. The summed E-state index contributed by atoms with van der Waals surface area (Å²) in [6.07, 6.45) is 0. The molecule has 2 aromatic rings. The van der Waals surface area contributed by atoms with Crippen LogP contribution in [-0.2, 0) is 12.0 Å². The van der Waals surface area contributed by atoms with Crippen LogP contribution in [0.2, 0.25) is 0 Å². The van der Waals surface area contributed by atoms with Crippen molar-refractivity contribution < 1.29 is 4.74 Å². The lowest BCUT2D eigenvalue weighted by atomic mass is 9.72. The minimum absolute atomic E-state index is 0.000287. The Hall–Kier alpha value is -2.00. The molecular weight excluding hydrogens is 428 g/mol. The fourth-order valence-electron chi connectivity index (χ4n) is 5.95. The molecular formula is C32H50N2O. The second kappa shape index (κ2) is 9.81. The van der Waals surface area contributed by atoms with Gasteiger partial charge in [-0.05, 0) is 45.4 Å². The predicted octanol–water partition coefficient (Wildman–Crippen LogP) is 8.23. The van der Waals surface area contributed by atoms with E-state index < -0.39 is 0 Å². The van der Waals surface area contributed by atoms with Gasteiger partial charge in [-0.15, -0.1) is 0 Å². The summed E-state index contributed by atoms with van der Waals surface area (Å²) >= 11 is 0. The lowest BCUT2D eigenvalue weighted by molar-refractivity contribution is 0.0936. The van der Waals surface area contributed by atoms with Crippen LogP contribution < -0.4 is 9.64 Å². The Kier molecular flexibility index (Phi) is 7.73. The number of ether oxygens (including phenoxy) is 1. The number of hydrogen-bond acceptors (Lipinski definition) is 3. The molecule has 3 heteroatoms. The Morgan fingerprint density at radius 2 is 1.43 bits per heavy atom. The molecule has 0 radical (unpaired) electrons. The van der Waals surface area contributed by atoms with Crippen LogP contribution in [0, 0.1) is 10.8 Å². The van der Waals surface area contributed by atoms with Crippen LogP contribution in [0.15, 0.2) is 42.5 Å². The first-order valence-electron chi connectivity index (χ1n) is 13.3. The predicted molar refractivity (Wildman–Crippen MR) is 152 cm³/mol. The molecule has 0 amide bonds. The first-order valence-corrected chi connectivity index (χ1v) is 13.3. The highest BCUT2D eigenvalue weighted by Gasteiger charge is 2.51. The largest absolute Gasteiger partial charge is 0.496 e. The van der Waals surface area contributed by atoms with E-state index in [4.69, 9.17) is 4.74 Å². The molecule has 1 heterocycles. The lowest BCUT2D eigenvalue weighted by Crippen LogP contribution is -2.52. The van der Waals surface area contributed by atoms with Gasteiger partial charge in [0, 0.05) is 23.8 Å². The van der Waals surface area contributed by atoms with Gasteiger partial charge in [0.15, 0.2) is 0 Å². The second-order valence-corrected chi connectivity index (χ2v) is 14.0. The van der Waals surface area contributed by atoms with Crippen LogP contribution in [-0.4, -0.2) is 30.8 Å². The van der Waals surface area contributed by atoms with Crippen molar-refractivity contribution in [2.24, 2.45) is 10.8 Å². The Morgan fingerprint density at radius 1 is 0.857 bits per heavy atom. The van der Waals surface area contributed by atoms with Gasteiger partial charge in [-0.2, -0.15) is 0 Å². The normalized spacial score (nSPS) is 20.1. The maximum Gasteiger partial charge on any atom is 0.123 e. The highest BCUT2D eigenvalue weighted by atomic mass is 16.5. The molecule has 194 valence electrons. The molecule has 2 aromatic carbocycles. The average molecular weight is 479 g/mol. The van der Waals surface area contributed by atoms with Gasteiger partial charge in [-0.3, -0.25) is 4.90 Å². The van der Waals surface area contributed by atoms with Gasteiger partial charge in [0.25, 0.3) is 0 Å². The van der Waals surface area contributed by atoms with Crippen molar-refractivity contribution in [2.45, 2.75) is 106 Å². The third-order valence-corrected chi connectivity index (χ3v) is 7.45. The summed E-state index contributed by atoms with van der Waals surface area (Å²) < 4.78 is 5.92. The molecule has 0 unspecified atom stereocenters. The summed E-state index contributed by atoms with van der Waals surface area (Å²) in [5, 5.41) is 0. The lowest BCUT2D eigenvalue weighted by Gasteiger charge is -2.45. The molecule has 0 aliphatic carbocycles. The first kappa shape index (κ1) is 27.6. The molecule has 0 spiro atoms. The van der Waals surface area contributed by atoms with Gasteiger partial charge in [0.1, 0.15) is 5.75 Å². The zero-order valence-corrected chi connectivity index (χ0v) is 24.5. The van der Waals surface area contributed by atoms with Gasteiger partial charge in [-0.1, -0.05) is 106 Å². The van der Waals surface area contributed by atoms with Crippen molar-refractivity contribution in [1.29, 1.82) is 0 Å². The topological polar surface area (TPSA) is 15.7 Å². The molecule has 1 aliphatic heterocycles. The highest BCUT2D eigenvalue weighted by molar-refractivity contribution is 5.63. The van der Waals surface area contributed by atoms with Gasteiger partial charge in [-0.25, -0.2) is 0 Å². The van der Waals surface area contributed by atoms with Gasteiger partial charge in [0.05, 0.1) is 19.8 Å². The zero-order chi connectivity index (χ0) is 26.3. The maximum atomic E-state index is 5.92. The summed E-state index contributed by atoms with van der Waals surface area (Å²) in [5.74, 6) is 1.41. The Morgan fingerprint density at radius 3 is 1.89 bits per heavy atom. The first-order chi connectivity index (χ1) is 16.1. The molecule has 3 rings (SSSR count). The summed E-state index contributed by atoms with van der Waals surface area (Å²) in [7, 11) is 1.80. The third kappa shape index (κ3) is 5.88. The van der Waals surface area contributed by atoms with Crippen LogP contribution in [0.1, 0.15) is 98.8 Å². The van der Waals surface area contributed by atoms with Crippen molar-refractivity contribution in [2.75, 3.05) is 18.7 Å². The molecule has 0 N–H and O–H groups in total. The van der Waals surface area contributed by atoms with E-state index in [1.807, 2.05) is 0 Å². The fraction of sp³-hybridized carbons (Fsp3) is 0.625. The van der Waals surface area contributed by atoms with Crippen molar-refractivity contribution in [3.05, 3.63) is 59.2 Å². The summed E-state index contributed by atoms with van der Waals surface area (Å²) in [6.45, 7) is 27.8. The Bertz CT molecular complexity index is 989. The molecule has 3 nitrogen and oxygen atoms in total. The van der Waals surface area contributed by atoms with Crippen molar-refractivity contribution in [3.63, 3.8) is 0 Å². The number of hydrogen-bond donors (Lipinski definition) is 0. The van der Waals surface area contributed by atoms with E-state index in [0.717, 1.165) is 19.0 Å². The molecule has 0 aromatic heterocycles. The van der Waals surface area contributed by atoms with E-state index >= 15 is 0 Å². The summed E-state index contributed by atoms with van der Waals surface area (Å²) in [5.41, 5.74) is 5.65. The van der Waals surface area contributed by atoms with E-state index in [0.29, 0.717) is 18.0 Å². The Labute approximate surface area is 215 Å². The molecule has 1 fully saturated rings. The van der Waals surface area contributed by atoms with Crippen LogP contribution >= 0.6 is 0 Å². The van der Waals surface area contributed by atoms with E-state index in [1.165, 1.54) is 22.4 Å². The molecule has 1 saturated heterocycles. The smallest absolute Gasteiger partial charge is 0.123 e. The molecule has 0 bridgehead atoms. The standard InChI is InChI=1S/C32H50N2O/c1-22(2)24-18-27(35-12)25(30(3,4)5)19-26(24)34-21-33(20-23-16-14-13-15-17-23)28(31(6,7)8)29(34)32(9,10)11/h13-19,22,28-29H,20-21H2,1-12H3/t28-,29-/m0/s1. The van der Waals surface area contributed by atoms with Crippen LogP contribution in [0.3, 0.4) is 0 Å². The quantitative estimate of drug-likeness (QED) is 0.430. The monoisotopic (exact) mass is 478 g/mol. The molecule has 35 heavy (non-hydrogen) atoms. The van der Waals surface area contributed by atoms with Crippen LogP contribution in [0.4, 0.5) is 5.69 Å². The van der Waals surface area contributed by atoms with Crippen LogP contribution in [0.5, 0.6) is 5.75 Å². The van der Waals surface area contributed by atoms with E-state index in [-0.39, 0.29) is 16.2 Å². The van der Waals surface area contributed by atoms with Crippen molar-refractivity contribution >= 4 is 5.69 Å². The number of methoxy groups -OCH3 is 1. The van der Waals surface area contributed by atoms with Crippen molar-refractivity contribution in [1.82, 2.24) is 4.90 Å². The van der Waals surface area contributed by atoms with Crippen LogP contribution in [0.25, 0.3) is 0 Å². The minimum atomic E-state index is -0.000287. The van der Waals surface area contributed by atoms with Gasteiger partial charge >= 0.3 is 0 Å². The molecule has 2 atom stereocenters. The van der Waals surface area contributed by atoms with E-state index in [2.05, 4.69) is 128 Å². The summed E-state index contributed by atoms with van der Waals surface area (Å²) in [4.78, 5) is 5.44. The van der Waals surface area contributed by atoms with E-state index in [9.17, 15) is 0 Å². The molecule has 1 aliphatic rings. The Balaban J connectivity index is 2.23. The summed E-state index contributed by atoms with van der Waals surface area (Å²) in [6, 6.07) is 16.5. The number of rotatable bonds is 5.